The molecule has 0 aliphatic heterocycles. The summed E-state index contributed by atoms with van der Waals surface area (Å²) in [6.45, 7) is 4.13. The first-order chi connectivity index (χ1) is 9.63. The number of rotatable bonds is 6. The van der Waals surface area contributed by atoms with Crippen molar-refractivity contribution < 1.29 is 9.90 Å². The lowest BCUT2D eigenvalue weighted by molar-refractivity contribution is -0.124. The number of carbonyl (C=O) groups excluding carboxylic acids is 1. The van der Waals surface area contributed by atoms with Gasteiger partial charge in [-0.15, -0.1) is 0 Å². The van der Waals surface area contributed by atoms with E-state index in [1.807, 2.05) is 42.7 Å². The van der Waals surface area contributed by atoms with Gasteiger partial charge in [0.1, 0.15) is 6.04 Å². The van der Waals surface area contributed by atoms with E-state index in [0.717, 1.165) is 17.5 Å². The fraction of sp³-hybridized carbons (Fsp3) is 0.467. The van der Waals surface area contributed by atoms with E-state index >= 15 is 0 Å². The topological polar surface area (TPSA) is 67.2 Å². The molecule has 0 fully saturated rings. The minimum absolute atomic E-state index is 0.108. The second-order valence-electron chi connectivity index (χ2n) is 5.00. The van der Waals surface area contributed by atoms with E-state index < -0.39 is 6.10 Å². The first kappa shape index (κ1) is 14.5. The molecule has 5 nitrogen and oxygen atoms in total. The second-order valence-corrected chi connectivity index (χ2v) is 5.00. The van der Waals surface area contributed by atoms with Crippen LogP contribution in [0, 0.1) is 0 Å². The standard InChI is InChI=1S/C15H21N3O2/c1-3-6-12(19)9-16-15(20)11(2)18-10-17-13-7-4-5-8-14(13)18/h4-5,7-8,10-12,19H,3,6,9H2,1-2H3,(H,16,20). The van der Waals surface area contributed by atoms with E-state index in [1.165, 1.54) is 0 Å². The average Bonchev–Trinajstić information content (AvgIpc) is 2.88. The lowest BCUT2D eigenvalue weighted by atomic mass is 10.2. The summed E-state index contributed by atoms with van der Waals surface area (Å²) in [6.07, 6.45) is 2.80. The van der Waals surface area contributed by atoms with Crippen molar-refractivity contribution in [3.05, 3.63) is 30.6 Å². The summed E-state index contributed by atoms with van der Waals surface area (Å²) < 4.78 is 1.84. The van der Waals surface area contributed by atoms with Gasteiger partial charge in [0.25, 0.3) is 0 Å². The Labute approximate surface area is 118 Å². The Bertz CT molecular complexity index is 579. The van der Waals surface area contributed by atoms with Gasteiger partial charge in [0.15, 0.2) is 0 Å². The highest BCUT2D eigenvalue weighted by molar-refractivity contribution is 5.83. The Balaban J connectivity index is 2.03. The molecular weight excluding hydrogens is 254 g/mol. The fourth-order valence-corrected chi connectivity index (χ4v) is 2.21. The van der Waals surface area contributed by atoms with Crippen molar-refractivity contribution in [2.24, 2.45) is 0 Å². The molecule has 1 aromatic carbocycles. The van der Waals surface area contributed by atoms with Crippen molar-refractivity contribution in [2.45, 2.75) is 38.8 Å². The van der Waals surface area contributed by atoms with Crippen LogP contribution in [0.3, 0.4) is 0 Å². The molecule has 20 heavy (non-hydrogen) atoms. The molecule has 2 unspecified atom stereocenters. The van der Waals surface area contributed by atoms with Gasteiger partial charge in [0, 0.05) is 6.54 Å². The number of amides is 1. The van der Waals surface area contributed by atoms with E-state index in [9.17, 15) is 9.90 Å². The van der Waals surface area contributed by atoms with E-state index in [2.05, 4.69) is 10.3 Å². The Morgan fingerprint density at radius 3 is 2.95 bits per heavy atom. The Morgan fingerprint density at radius 2 is 2.20 bits per heavy atom. The van der Waals surface area contributed by atoms with Gasteiger partial charge in [-0.25, -0.2) is 4.98 Å². The van der Waals surface area contributed by atoms with E-state index in [0.29, 0.717) is 13.0 Å². The van der Waals surface area contributed by atoms with Crippen LogP contribution in [0.4, 0.5) is 0 Å². The van der Waals surface area contributed by atoms with Crippen molar-refractivity contribution in [1.29, 1.82) is 0 Å². The number of imidazole rings is 1. The van der Waals surface area contributed by atoms with E-state index in [1.54, 1.807) is 6.33 Å². The Hall–Kier alpha value is -1.88. The smallest absolute Gasteiger partial charge is 0.242 e. The third kappa shape index (κ3) is 3.17. The maximum atomic E-state index is 12.1. The molecule has 2 rings (SSSR count). The van der Waals surface area contributed by atoms with Crippen molar-refractivity contribution in [3.8, 4) is 0 Å². The normalized spacial score (nSPS) is 14.2. The number of aliphatic hydroxyl groups is 1. The number of carbonyl (C=O) groups is 1. The molecule has 0 aliphatic rings. The van der Waals surface area contributed by atoms with Gasteiger partial charge in [0.05, 0.1) is 23.5 Å². The van der Waals surface area contributed by atoms with Crippen LogP contribution in [0.25, 0.3) is 11.0 Å². The molecule has 0 saturated heterocycles. The third-order valence-corrected chi connectivity index (χ3v) is 3.41. The lowest BCUT2D eigenvalue weighted by Gasteiger charge is -2.16. The highest BCUT2D eigenvalue weighted by atomic mass is 16.3. The number of benzene rings is 1. The zero-order valence-corrected chi connectivity index (χ0v) is 11.9. The number of hydrogen-bond donors (Lipinski definition) is 2. The summed E-state index contributed by atoms with van der Waals surface area (Å²) in [5, 5.41) is 12.4. The summed E-state index contributed by atoms with van der Waals surface area (Å²) in [5.74, 6) is -0.108. The molecule has 1 aromatic heterocycles. The van der Waals surface area contributed by atoms with E-state index in [4.69, 9.17) is 0 Å². The molecule has 0 bridgehead atoms. The number of para-hydroxylation sites is 2. The highest BCUT2D eigenvalue weighted by Crippen LogP contribution is 2.17. The Morgan fingerprint density at radius 1 is 1.45 bits per heavy atom. The first-order valence-electron chi connectivity index (χ1n) is 7.00. The largest absolute Gasteiger partial charge is 0.391 e. The lowest BCUT2D eigenvalue weighted by Crippen LogP contribution is -2.36. The van der Waals surface area contributed by atoms with Crippen LogP contribution in [-0.2, 0) is 4.79 Å². The van der Waals surface area contributed by atoms with Crippen molar-refractivity contribution in [1.82, 2.24) is 14.9 Å². The van der Waals surface area contributed by atoms with Crippen LogP contribution in [0.2, 0.25) is 0 Å². The molecule has 2 atom stereocenters. The molecular formula is C15H21N3O2. The minimum atomic E-state index is -0.476. The van der Waals surface area contributed by atoms with Gasteiger partial charge >= 0.3 is 0 Å². The van der Waals surface area contributed by atoms with Gasteiger partial charge in [0.2, 0.25) is 5.91 Å². The highest BCUT2D eigenvalue weighted by Gasteiger charge is 2.17. The maximum absolute atomic E-state index is 12.1. The van der Waals surface area contributed by atoms with Crippen molar-refractivity contribution in [2.75, 3.05) is 6.54 Å². The molecule has 108 valence electrons. The maximum Gasteiger partial charge on any atom is 0.242 e. The summed E-state index contributed by atoms with van der Waals surface area (Å²) in [4.78, 5) is 16.4. The molecule has 0 spiro atoms. The van der Waals surface area contributed by atoms with Crippen LogP contribution >= 0.6 is 0 Å². The van der Waals surface area contributed by atoms with Crippen LogP contribution < -0.4 is 5.32 Å². The number of nitrogens with one attached hydrogen (secondary N) is 1. The SMILES string of the molecule is CCCC(O)CNC(=O)C(C)n1cnc2ccccc21. The fourth-order valence-electron chi connectivity index (χ4n) is 2.21. The molecule has 1 heterocycles. The van der Waals surface area contributed by atoms with Gasteiger partial charge in [-0.3, -0.25) is 4.79 Å². The summed E-state index contributed by atoms with van der Waals surface area (Å²) in [7, 11) is 0. The molecule has 1 amide bonds. The summed E-state index contributed by atoms with van der Waals surface area (Å²) in [5.41, 5.74) is 1.81. The van der Waals surface area contributed by atoms with Crippen LogP contribution in [0.5, 0.6) is 0 Å². The minimum Gasteiger partial charge on any atom is -0.391 e. The van der Waals surface area contributed by atoms with Gasteiger partial charge < -0.3 is 15.0 Å². The molecule has 2 N–H and O–H groups in total. The predicted molar refractivity (Wildman–Crippen MR) is 78.4 cm³/mol. The second kappa shape index (κ2) is 6.52. The quantitative estimate of drug-likeness (QED) is 0.845. The third-order valence-electron chi connectivity index (χ3n) is 3.41. The van der Waals surface area contributed by atoms with Crippen LogP contribution in [-0.4, -0.2) is 33.2 Å². The molecule has 5 heteroatoms. The zero-order valence-electron chi connectivity index (χ0n) is 11.9. The number of nitrogens with zero attached hydrogens (tertiary/aromatic N) is 2. The molecule has 0 saturated carbocycles. The number of hydrogen-bond acceptors (Lipinski definition) is 3. The monoisotopic (exact) mass is 275 g/mol. The predicted octanol–water partition coefficient (Wildman–Crippen LogP) is 1.87. The number of fused-ring (bicyclic) bond motifs is 1. The number of aromatic nitrogens is 2. The average molecular weight is 275 g/mol. The first-order valence-corrected chi connectivity index (χ1v) is 7.00. The zero-order chi connectivity index (χ0) is 14.5. The van der Waals surface area contributed by atoms with Gasteiger partial charge in [-0.1, -0.05) is 25.5 Å². The van der Waals surface area contributed by atoms with Crippen LogP contribution in [0.15, 0.2) is 30.6 Å². The van der Waals surface area contributed by atoms with Crippen molar-refractivity contribution in [3.63, 3.8) is 0 Å². The van der Waals surface area contributed by atoms with Gasteiger partial charge in [-0.05, 0) is 25.5 Å². The van der Waals surface area contributed by atoms with E-state index in [-0.39, 0.29) is 11.9 Å². The van der Waals surface area contributed by atoms with Crippen molar-refractivity contribution >= 4 is 16.9 Å². The molecule has 2 aromatic rings. The van der Waals surface area contributed by atoms with Crippen LogP contribution in [0.1, 0.15) is 32.7 Å². The molecule has 0 aliphatic carbocycles. The summed E-state index contributed by atoms with van der Waals surface area (Å²) in [6, 6.07) is 7.36. The summed E-state index contributed by atoms with van der Waals surface area (Å²) >= 11 is 0. The molecule has 0 radical (unpaired) electrons. The van der Waals surface area contributed by atoms with Gasteiger partial charge in [-0.2, -0.15) is 0 Å². The Kier molecular flexibility index (Phi) is 4.74. The number of aliphatic hydroxyl groups excluding tert-OH is 1.